The molecule has 0 aliphatic heterocycles. The molecule has 0 bridgehead atoms. The molecule has 0 radical (unpaired) electrons. The minimum absolute atomic E-state index is 1.07. The molecule has 0 saturated heterocycles. The quantitative estimate of drug-likeness (QED) is 0.567. The monoisotopic (exact) mass is 131 g/mol. The molecule has 8 heavy (non-hydrogen) atoms. The van der Waals surface area contributed by atoms with E-state index in [0.717, 1.165) is 18.8 Å². The highest BCUT2D eigenvalue weighted by atomic mass is 32.2. The number of rotatable bonds is 5. The average molecular weight is 131 g/mol. The Bertz CT molecular complexity index is 54.5. The predicted molar refractivity (Wildman–Crippen MR) is 41.2 cm³/mol. The normalized spacial score (nSPS) is 9.12. The minimum atomic E-state index is 1.07. The molecular weight excluding hydrogens is 118 g/mol. The first-order valence-electron chi connectivity index (χ1n) is 2.85. The molecule has 0 aliphatic rings. The molecule has 0 aliphatic carbocycles. The molecular formula is C6H13NS. The molecule has 0 rings (SSSR count). The zero-order valence-corrected chi connectivity index (χ0v) is 6.13. The van der Waals surface area contributed by atoms with Crippen LogP contribution in [0.2, 0.25) is 0 Å². The van der Waals surface area contributed by atoms with E-state index in [1.165, 1.54) is 0 Å². The van der Waals surface area contributed by atoms with Crippen LogP contribution in [0.1, 0.15) is 6.92 Å². The van der Waals surface area contributed by atoms with Crippen LogP contribution in [0, 0.1) is 0 Å². The Morgan fingerprint density at radius 3 is 3.00 bits per heavy atom. The Morgan fingerprint density at radius 1 is 1.75 bits per heavy atom. The molecule has 48 valence electrons. The second-order valence-electron chi connectivity index (χ2n) is 1.39. The van der Waals surface area contributed by atoms with Gasteiger partial charge < -0.3 is 5.32 Å². The van der Waals surface area contributed by atoms with Gasteiger partial charge in [-0.05, 0) is 12.0 Å². The van der Waals surface area contributed by atoms with Crippen LogP contribution in [-0.2, 0) is 0 Å². The molecule has 2 heteroatoms. The van der Waals surface area contributed by atoms with Crippen molar-refractivity contribution in [2.45, 2.75) is 6.92 Å². The minimum Gasteiger partial charge on any atom is -0.316 e. The number of nitrogens with one attached hydrogen (secondary N) is 1. The van der Waals surface area contributed by atoms with E-state index in [1.54, 1.807) is 11.8 Å². The van der Waals surface area contributed by atoms with Crippen molar-refractivity contribution in [3.63, 3.8) is 0 Å². The molecule has 0 unspecified atom stereocenters. The largest absolute Gasteiger partial charge is 0.316 e. The van der Waals surface area contributed by atoms with Crippen LogP contribution >= 0.6 is 11.8 Å². The lowest BCUT2D eigenvalue weighted by molar-refractivity contribution is 0.769. The van der Waals surface area contributed by atoms with Crippen molar-refractivity contribution in [2.75, 3.05) is 18.8 Å². The van der Waals surface area contributed by atoms with Gasteiger partial charge in [-0.3, -0.25) is 0 Å². The molecule has 0 aromatic rings. The summed E-state index contributed by atoms with van der Waals surface area (Å²) in [6.45, 7) is 7.86. The molecule has 1 N–H and O–H groups in total. The van der Waals surface area contributed by atoms with Gasteiger partial charge in [0.2, 0.25) is 0 Å². The van der Waals surface area contributed by atoms with Crippen LogP contribution in [-0.4, -0.2) is 18.8 Å². The maximum Gasteiger partial charge on any atom is 0.00994 e. The zero-order chi connectivity index (χ0) is 6.24. The zero-order valence-electron chi connectivity index (χ0n) is 5.31. The number of thioether (sulfide) groups is 1. The van der Waals surface area contributed by atoms with Crippen molar-refractivity contribution in [3.8, 4) is 0 Å². The summed E-state index contributed by atoms with van der Waals surface area (Å²) >= 11 is 1.75. The smallest absolute Gasteiger partial charge is 0.00994 e. The van der Waals surface area contributed by atoms with E-state index in [9.17, 15) is 0 Å². The second-order valence-corrected chi connectivity index (χ2v) is 2.47. The molecule has 0 fully saturated rings. The van der Waals surface area contributed by atoms with Crippen molar-refractivity contribution < 1.29 is 0 Å². The maximum atomic E-state index is 3.59. The molecule has 1 nitrogen and oxygen atoms in total. The molecule has 0 amide bonds. The molecule has 0 aromatic heterocycles. The van der Waals surface area contributed by atoms with E-state index in [4.69, 9.17) is 0 Å². The van der Waals surface area contributed by atoms with Gasteiger partial charge in [-0.2, -0.15) is 0 Å². The van der Waals surface area contributed by atoms with Crippen molar-refractivity contribution >= 4 is 11.8 Å². The second kappa shape index (κ2) is 7.05. The van der Waals surface area contributed by atoms with E-state index >= 15 is 0 Å². The van der Waals surface area contributed by atoms with Crippen LogP contribution in [0.5, 0.6) is 0 Å². The molecule has 0 spiro atoms. The molecule has 0 aromatic carbocycles. The van der Waals surface area contributed by atoms with Gasteiger partial charge in [-0.15, -0.1) is 11.8 Å². The van der Waals surface area contributed by atoms with Gasteiger partial charge in [0.1, 0.15) is 0 Å². The highest BCUT2D eigenvalue weighted by Gasteiger charge is 1.79. The third kappa shape index (κ3) is 6.05. The number of hydrogen-bond acceptors (Lipinski definition) is 2. The standard InChI is InChI=1S/C6H13NS/c1-3-7-5-6-8-4-2/h4,7H,2-3,5-6H2,1H3. The lowest BCUT2D eigenvalue weighted by atomic mass is 10.7. The van der Waals surface area contributed by atoms with Crippen molar-refractivity contribution in [1.29, 1.82) is 0 Å². The summed E-state index contributed by atoms with van der Waals surface area (Å²) in [6.07, 6.45) is 0. The Morgan fingerprint density at radius 2 is 2.50 bits per heavy atom. The highest BCUT2D eigenvalue weighted by Crippen LogP contribution is 1.95. The lowest BCUT2D eigenvalue weighted by Gasteiger charge is -1.95. The Kier molecular flexibility index (Phi) is 7.09. The average Bonchev–Trinajstić information content (AvgIpc) is 1.81. The van der Waals surface area contributed by atoms with Gasteiger partial charge in [0, 0.05) is 12.3 Å². The van der Waals surface area contributed by atoms with Crippen molar-refractivity contribution in [2.24, 2.45) is 0 Å². The summed E-state index contributed by atoms with van der Waals surface area (Å²) in [7, 11) is 0. The van der Waals surface area contributed by atoms with E-state index in [2.05, 4.69) is 18.8 Å². The van der Waals surface area contributed by atoms with Crippen LogP contribution in [0.3, 0.4) is 0 Å². The lowest BCUT2D eigenvalue weighted by Crippen LogP contribution is -2.15. The summed E-state index contributed by atoms with van der Waals surface area (Å²) in [5.74, 6) is 1.14. The van der Waals surface area contributed by atoms with Crippen LogP contribution in [0.25, 0.3) is 0 Å². The summed E-state index contributed by atoms with van der Waals surface area (Å²) < 4.78 is 0. The van der Waals surface area contributed by atoms with Crippen molar-refractivity contribution in [1.82, 2.24) is 5.32 Å². The third-order valence-corrected chi connectivity index (χ3v) is 1.44. The fourth-order valence-electron chi connectivity index (χ4n) is 0.391. The van der Waals surface area contributed by atoms with E-state index < -0.39 is 0 Å². The van der Waals surface area contributed by atoms with Gasteiger partial charge in [0.25, 0.3) is 0 Å². The van der Waals surface area contributed by atoms with Crippen LogP contribution in [0.4, 0.5) is 0 Å². The summed E-state index contributed by atoms with van der Waals surface area (Å²) in [6, 6.07) is 0. The summed E-state index contributed by atoms with van der Waals surface area (Å²) in [5, 5.41) is 5.09. The Labute approximate surface area is 55.5 Å². The third-order valence-electron chi connectivity index (χ3n) is 0.765. The fraction of sp³-hybridized carbons (Fsp3) is 0.667. The molecule has 0 heterocycles. The fourth-order valence-corrected chi connectivity index (χ4v) is 0.820. The van der Waals surface area contributed by atoms with Gasteiger partial charge >= 0.3 is 0 Å². The first-order valence-corrected chi connectivity index (χ1v) is 3.90. The molecule has 0 saturated carbocycles. The van der Waals surface area contributed by atoms with Crippen LogP contribution in [0.15, 0.2) is 12.0 Å². The van der Waals surface area contributed by atoms with E-state index in [-0.39, 0.29) is 0 Å². The maximum absolute atomic E-state index is 3.59. The van der Waals surface area contributed by atoms with Gasteiger partial charge in [0.05, 0.1) is 0 Å². The van der Waals surface area contributed by atoms with Crippen LogP contribution < -0.4 is 5.32 Å². The van der Waals surface area contributed by atoms with Gasteiger partial charge in [-0.25, -0.2) is 0 Å². The van der Waals surface area contributed by atoms with E-state index in [0.29, 0.717) is 0 Å². The molecule has 0 atom stereocenters. The first kappa shape index (κ1) is 8.05. The first-order chi connectivity index (χ1) is 3.91. The summed E-state index contributed by atoms with van der Waals surface area (Å²) in [4.78, 5) is 0. The Balaban J connectivity index is 2.62. The Hall–Kier alpha value is 0.0500. The SMILES string of the molecule is C=CSCCNCC. The van der Waals surface area contributed by atoms with E-state index in [1.807, 2.05) is 5.41 Å². The van der Waals surface area contributed by atoms with Crippen molar-refractivity contribution in [3.05, 3.63) is 12.0 Å². The van der Waals surface area contributed by atoms with Gasteiger partial charge in [0.15, 0.2) is 0 Å². The number of hydrogen-bond donors (Lipinski definition) is 1. The van der Waals surface area contributed by atoms with Gasteiger partial charge in [-0.1, -0.05) is 13.5 Å². The predicted octanol–water partition coefficient (Wildman–Crippen LogP) is 1.47. The highest BCUT2D eigenvalue weighted by molar-refractivity contribution is 8.02. The topological polar surface area (TPSA) is 12.0 Å². The summed E-state index contributed by atoms with van der Waals surface area (Å²) in [5.41, 5.74) is 0.